The largest absolute Gasteiger partial charge is 0.455 e. The summed E-state index contributed by atoms with van der Waals surface area (Å²) in [5, 5.41) is 14.9. The predicted molar refractivity (Wildman–Crippen MR) is 147 cm³/mol. The molecule has 0 bridgehead atoms. The fourth-order valence-corrected chi connectivity index (χ4v) is 5.11. The van der Waals surface area contributed by atoms with Crippen molar-refractivity contribution in [3.8, 4) is 11.3 Å². The molecule has 0 unspecified atom stereocenters. The van der Waals surface area contributed by atoms with Crippen molar-refractivity contribution in [2.24, 2.45) is 5.10 Å². The number of aryl methyl sites for hydroxylation is 2. The molecule has 4 aromatic rings. The molecule has 0 radical (unpaired) electrons. The van der Waals surface area contributed by atoms with Crippen LogP contribution in [-0.4, -0.2) is 25.5 Å². The second-order valence-corrected chi connectivity index (χ2v) is 10.6. The van der Waals surface area contributed by atoms with Crippen molar-refractivity contribution >= 4 is 27.8 Å². The smallest absolute Gasteiger partial charge is 0.269 e. The van der Waals surface area contributed by atoms with Gasteiger partial charge < -0.3 is 4.42 Å². The summed E-state index contributed by atoms with van der Waals surface area (Å²) in [6.07, 6.45) is 1.12. The van der Waals surface area contributed by atoms with Crippen LogP contribution < -0.4 is 10.1 Å². The molecule has 1 amide bonds. The first-order valence-electron chi connectivity index (χ1n) is 11.9. The number of nitrogens with zero attached hydrogens (tertiary/aromatic N) is 2. The Hall–Kier alpha value is -4.61. The number of furan rings is 1. The Morgan fingerprint density at radius 1 is 1.03 bits per heavy atom. The minimum Gasteiger partial charge on any atom is -0.455 e. The number of amides is 1. The summed E-state index contributed by atoms with van der Waals surface area (Å²) in [4.78, 5) is 23.3. The number of nitrogens with one attached hydrogen (secondary N) is 2. The first-order chi connectivity index (χ1) is 18.6. The zero-order valence-electron chi connectivity index (χ0n) is 21.2. The summed E-state index contributed by atoms with van der Waals surface area (Å²) in [6.45, 7) is 3.61. The van der Waals surface area contributed by atoms with Crippen LogP contribution in [0.5, 0.6) is 0 Å². The molecule has 0 saturated carbocycles. The molecular weight excluding hydrogens is 520 g/mol. The highest BCUT2D eigenvalue weighted by Crippen LogP contribution is 2.28. The minimum absolute atomic E-state index is 0.0118. The maximum Gasteiger partial charge on any atom is 0.269 e. The van der Waals surface area contributed by atoms with Crippen molar-refractivity contribution in [1.82, 2.24) is 10.1 Å². The first-order valence-corrected chi connectivity index (χ1v) is 13.4. The number of carbonyl (C=O) groups excluding carboxylic acids is 1. The van der Waals surface area contributed by atoms with Crippen molar-refractivity contribution in [2.75, 3.05) is 0 Å². The minimum atomic E-state index is -3.89. The van der Waals surface area contributed by atoms with E-state index in [1.165, 1.54) is 30.5 Å². The Morgan fingerprint density at radius 2 is 1.74 bits per heavy atom. The highest BCUT2D eigenvalue weighted by atomic mass is 32.2. The zero-order valence-corrected chi connectivity index (χ0v) is 22.0. The number of hydrazone groups is 1. The highest BCUT2D eigenvalue weighted by molar-refractivity contribution is 7.89. The number of hydrogen-bond donors (Lipinski definition) is 2. The van der Waals surface area contributed by atoms with E-state index in [-0.39, 0.29) is 17.0 Å². The van der Waals surface area contributed by atoms with Gasteiger partial charge in [-0.05, 0) is 55.3 Å². The Labute approximate surface area is 225 Å². The molecule has 1 atom stereocenters. The SMILES string of the molecule is Cc1ccc(S(=O)(=O)N[C@H](CC(=O)N/N=C\c2ccc(-c3ccc([N+](=O)[O-])cc3C)o2)c2ccccc2)cc1. The van der Waals surface area contributed by atoms with Crippen molar-refractivity contribution in [3.63, 3.8) is 0 Å². The van der Waals surface area contributed by atoms with E-state index in [4.69, 9.17) is 4.42 Å². The number of sulfonamides is 1. The Balaban J connectivity index is 1.43. The molecule has 0 saturated heterocycles. The van der Waals surface area contributed by atoms with E-state index < -0.39 is 26.9 Å². The van der Waals surface area contributed by atoms with E-state index in [0.29, 0.717) is 28.2 Å². The molecule has 2 N–H and O–H groups in total. The van der Waals surface area contributed by atoms with E-state index in [1.807, 2.05) is 6.92 Å². The molecular formula is C28H26N4O6S. The Bertz CT molecular complexity index is 1610. The third kappa shape index (κ3) is 7.03. The van der Waals surface area contributed by atoms with Gasteiger partial charge in [-0.3, -0.25) is 14.9 Å². The number of rotatable bonds is 10. The molecule has 0 fully saturated rings. The maximum absolute atomic E-state index is 13.0. The molecule has 0 spiro atoms. The summed E-state index contributed by atoms with van der Waals surface area (Å²) in [5.41, 5.74) is 5.31. The average molecular weight is 547 g/mol. The maximum atomic E-state index is 13.0. The lowest BCUT2D eigenvalue weighted by Crippen LogP contribution is -2.32. The van der Waals surface area contributed by atoms with Gasteiger partial charge in [0.05, 0.1) is 22.1 Å². The van der Waals surface area contributed by atoms with Gasteiger partial charge in [0.25, 0.3) is 5.69 Å². The quantitative estimate of drug-likeness (QED) is 0.162. The van der Waals surface area contributed by atoms with E-state index in [2.05, 4.69) is 15.2 Å². The summed E-state index contributed by atoms with van der Waals surface area (Å²) in [6, 6.07) is 22.2. The number of non-ortho nitro benzene ring substituents is 1. The van der Waals surface area contributed by atoms with Crippen LogP contribution in [0.3, 0.4) is 0 Å². The van der Waals surface area contributed by atoms with Crippen molar-refractivity contribution in [2.45, 2.75) is 31.2 Å². The van der Waals surface area contributed by atoms with Crippen molar-refractivity contribution < 1.29 is 22.6 Å². The standard InChI is InChI=1S/C28H26N4O6S/c1-19-8-12-24(13-9-19)39(36,37)31-26(21-6-4-3-5-7-21)17-28(33)30-29-18-23-11-15-27(38-23)25-14-10-22(32(34)35)16-20(25)2/h3-16,18,26,31H,17H2,1-2H3,(H,30,33)/b29-18-/t26-/m1/s1. The first kappa shape index (κ1) is 27.4. The third-order valence-electron chi connectivity index (χ3n) is 5.91. The molecule has 0 aliphatic heterocycles. The van der Waals surface area contributed by atoms with Gasteiger partial charge in [-0.25, -0.2) is 18.6 Å². The number of nitro groups is 1. The lowest BCUT2D eigenvalue weighted by molar-refractivity contribution is -0.384. The second kappa shape index (κ2) is 11.8. The molecule has 10 nitrogen and oxygen atoms in total. The van der Waals surface area contributed by atoms with Gasteiger partial charge in [0.2, 0.25) is 15.9 Å². The molecule has 1 heterocycles. The fourth-order valence-electron chi connectivity index (χ4n) is 3.89. The summed E-state index contributed by atoms with van der Waals surface area (Å²) >= 11 is 0. The predicted octanol–water partition coefficient (Wildman–Crippen LogP) is 5.03. The monoisotopic (exact) mass is 546 g/mol. The van der Waals surface area contributed by atoms with Crippen LogP contribution >= 0.6 is 0 Å². The third-order valence-corrected chi connectivity index (χ3v) is 7.40. The molecule has 1 aromatic heterocycles. The number of carbonyl (C=O) groups is 1. The van der Waals surface area contributed by atoms with Gasteiger partial charge in [-0.2, -0.15) is 5.10 Å². The van der Waals surface area contributed by atoms with Crippen LogP contribution in [-0.2, 0) is 14.8 Å². The van der Waals surface area contributed by atoms with Gasteiger partial charge in [0.15, 0.2) is 0 Å². The summed E-state index contributed by atoms with van der Waals surface area (Å²) < 4.78 is 34.3. The van der Waals surface area contributed by atoms with Crippen molar-refractivity contribution in [3.05, 3.63) is 117 Å². The number of nitro benzene ring substituents is 1. The lowest BCUT2D eigenvalue weighted by Gasteiger charge is -2.18. The number of hydrogen-bond acceptors (Lipinski definition) is 7. The Kier molecular flexibility index (Phi) is 8.33. The highest BCUT2D eigenvalue weighted by Gasteiger charge is 2.23. The van der Waals surface area contributed by atoms with Crippen molar-refractivity contribution in [1.29, 1.82) is 0 Å². The van der Waals surface area contributed by atoms with Crippen LogP contribution in [0.1, 0.15) is 34.9 Å². The van der Waals surface area contributed by atoms with E-state index in [0.717, 1.165) is 5.56 Å². The van der Waals surface area contributed by atoms with Crippen LogP contribution in [0.2, 0.25) is 0 Å². The van der Waals surface area contributed by atoms with E-state index in [1.54, 1.807) is 67.6 Å². The van der Waals surface area contributed by atoms with Gasteiger partial charge in [0.1, 0.15) is 11.5 Å². The van der Waals surface area contributed by atoms with Crippen LogP contribution in [0.4, 0.5) is 5.69 Å². The molecule has 11 heteroatoms. The fraction of sp³-hybridized carbons (Fsp3) is 0.143. The molecule has 39 heavy (non-hydrogen) atoms. The number of benzene rings is 3. The summed E-state index contributed by atoms with van der Waals surface area (Å²) in [5.74, 6) is 0.331. The van der Waals surface area contributed by atoms with Crippen LogP contribution in [0.15, 0.2) is 99.3 Å². The van der Waals surface area contributed by atoms with Crippen LogP contribution in [0.25, 0.3) is 11.3 Å². The topological polar surface area (TPSA) is 144 Å². The van der Waals surface area contributed by atoms with Gasteiger partial charge in [0, 0.05) is 24.1 Å². The molecule has 3 aromatic carbocycles. The Morgan fingerprint density at radius 3 is 2.41 bits per heavy atom. The van der Waals surface area contributed by atoms with E-state index >= 15 is 0 Å². The lowest BCUT2D eigenvalue weighted by atomic mass is 10.0. The van der Waals surface area contributed by atoms with Crippen LogP contribution in [0, 0.1) is 24.0 Å². The normalized spacial score (nSPS) is 12.4. The van der Waals surface area contributed by atoms with Gasteiger partial charge in [-0.15, -0.1) is 0 Å². The van der Waals surface area contributed by atoms with Gasteiger partial charge in [-0.1, -0.05) is 48.0 Å². The average Bonchev–Trinajstić information content (AvgIpc) is 3.37. The molecule has 4 rings (SSSR count). The van der Waals surface area contributed by atoms with Gasteiger partial charge >= 0.3 is 0 Å². The van der Waals surface area contributed by atoms with E-state index in [9.17, 15) is 23.3 Å². The second-order valence-electron chi connectivity index (χ2n) is 8.85. The zero-order chi connectivity index (χ0) is 28.0. The molecule has 0 aliphatic rings. The molecule has 200 valence electrons. The molecule has 0 aliphatic carbocycles. The summed E-state index contributed by atoms with van der Waals surface area (Å²) in [7, 11) is -3.89.